The van der Waals surface area contributed by atoms with Crippen LogP contribution in [0.3, 0.4) is 0 Å². The predicted octanol–water partition coefficient (Wildman–Crippen LogP) is 4.99. The molecule has 3 aliphatic heterocycles. The van der Waals surface area contributed by atoms with Crippen molar-refractivity contribution in [3.8, 4) is 23.0 Å². The van der Waals surface area contributed by atoms with Crippen molar-refractivity contribution in [1.82, 2.24) is 19.9 Å². The number of phenolic OH excluding ortho intramolecular Hbond substituents is 1. The molecular weight excluding hydrogens is 633 g/mol. The Hall–Kier alpha value is -3.75. The van der Waals surface area contributed by atoms with E-state index in [2.05, 4.69) is 14.9 Å². The molecule has 0 saturated carbocycles. The van der Waals surface area contributed by atoms with E-state index >= 15 is 4.39 Å². The molecule has 47 heavy (non-hydrogen) atoms. The molecule has 14 heteroatoms. The zero-order chi connectivity index (χ0) is 33.1. The summed E-state index contributed by atoms with van der Waals surface area (Å²) in [6.45, 7) is 3.75. The Morgan fingerprint density at radius 3 is 2.74 bits per heavy atom. The molecule has 2 aromatic heterocycles. The van der Waals surface area contributed by atoms with Gasteiger partial charge in [-0.2, -0.15) is 9.97 Å². The number of rotatable bonds is 7. The lowest BCUT2D eigenvalue weighted by molar-refractivity contribution is 0.107. The van der Waals surface area contributed by atoms with Crippen LogP contribution in [0.5, 0.6) is 11.8 Å². The number of ether oxygens (including phenoxy) is 1. The van der Waals surface area contributed by atoms with Crippen molar-refractivity contribution in [3.63, 3.8) is 0 Å². The van der Waals surface area contributed by atoms with Gasteiger partial charge in [0.25, 0.3) is 0 Å². The Bertz CT molecular complexity index is 1980. The van der Waals surface area contributed by atoms with Crippen LogP contribution in [0.25, 0.3) is 32.9 Å². The predicted molar refractivity (Wildman–Crippen MR) is 173 cm³/mol. The fraction of sp³-hybridized carbons (Fsp3) is 0.485. The molecule has 3 fully saturated rings. The second-order valence-electron chi connectivity index (χ2n) is 13.0. The molecule has 0 radical (unpaired) electrons. The number of hydrogen-bond donors (Lipinski definition) is 2. The third kappa shape index (κ3) is 5.73. The fourth-order valence-corrected chi connectivity index (χ4v) is 8.73. The zero-order valence-electron chi connectivity index (χ0n) is 26.1. The first kappa shape index (κ1) is 31.8. The smallest absolute Gasteiger partial charge is 0.319 e. The summed E-state index contributed by atoms with van der Waals surface area (Å²) < 4.78 is 76.8. The van der Waals surface area contributed by atoms with Gasteiger partial charge >= 0.3 is 6.01 Å². The normalized spacial score (nSPS) is 23.8. The highest BCUT2D eigenvalue weighted by Gasteiger charge is 2.49. The van der Waals surface area contributed by atoms with Crippen molar-refractivity contribution in [3.05, 3.63) is 47.7 Å². The number of fused-ring (bicyclic) bond motifs is 3. The number of aromatic hydroxyl groups is 1. The molecule has 7 rings (SSSR count). The average Bonchev–Trinajstić information content (AvgIpc) is 3.42. The number of nitrogens with two attached hydrogens (primary N) is 1. The van der Waals surface area contributed by atoms with E-state index in [0.29, 0.717) is 60.9 Å². The van der Waals surface area contributed by atoms with Crippen LogP contribution in [0.2, 0.25) is 0 Å². The molecule has 250 valence electrons. The fourth-order valence-electron chi connectivity index (χ4n) is 7.80. The third-order valence-corrected chi connectivity index (χ3v) is 11.5. The summed E-state index contributed by atoms with van der Waals surface area (Å²) in [4.78, 5) is 17.6. The van der Waals surface area contributed by atoms with Crippen molar-refractivity contribution in [2.45, 2.75) is 68.8 Å². The summed E-state index contributed by atoms with van der Waals surface area (Å²) >= 11 is 0. The number of alkyl halides is 1. The number of benzene rings is 2. The van der Waals surface area contributed by atoms with Gasteiger partial charge in [0.05, 0.1) is 16.2 Å². The van der Waals surface area contributed by atoms with E-state index in [0.717, 1.165) is 19.4 Å². The van der Waals surface area contributed by atoms with Crippen molar-refractivity contribution in [1.29, 1.82) is 0 Å². The number of anilines is 1. The van der Waals surface area contributed by atoms with Gasteiger partial charge in [-0.1, -0.05) is 13.0 Å². The molecule has 3 saturated heterocycles. The van der Waals surface area contributed by atoms with Gasteiger partial charge in [-0.05, 0) is 79.6 Å². The third-order valence-electron chi connectivity index (χ3n) is 10.1. The number of halogens is 3. The van der Waals surface area contributed by atoms with Crippen LogP contribution < -0.4 is 14.8 Å². The van der Waals surface area contributed by atoms with Crippen molar-refractivity contribution in [2.75, 3.05) is 37.7 Å². The van der Waals surface area contributed by atoms with E-state index in [9.17, 15) is 22.3 Å². The van der Waals surface area contributed by atoms with Crippen molar-refractivity contribution < 1.29 is 31.4 Å². The number of nitrogens with zero attached hydrogens (tertiary/aromatic N) is 5. The number of aromatic nitrogens is 3. The Balaban J connectivity index is 1.36. The quantitative estimate of drug-likeness (QED) is 0.279. The first-order valence-electron chi connectivity index (χ1n) is 16.1. The van der Waals surface area contributed by atoms with Gasteiger partial charge < -0.3 is 14.7 Å². The number of pyridine rings is 1. The maximum atomic E-state index is 16.8. The Labute approximate surface area is 270 Å². The lowest BCUT2D eigenvalue weighted by Crippen LogP contribution is -2.43. The van der Waals surface area contributed by atoms with Gasteiger partial charge in [-0.15, -0.1) is 0 Å². The van der Waals surface area contributed by atoms with Crippen LogP contribution in [-0.2, 0) is 16.4 Å². The SMILES string of the molecule is CCc1c(F)ccc2cc(O)cc(-c3ncc4c(N5CCCC(S(N)(=O)=O)CC5)nc(OC[C@@]56CCCN5C[C@H](F)C6)nc4c3F)c12. The minimum absolute atomic E-state index is 0.0937. The van der Waals surface area contributed by atoms with Crippen LogP contribution in [0.15, 0.2) is 30.5 Å². The number of sulfonamides is 1. The molecule has 0 spiro atoms. The van der Waals surface area contributed by atoms with Crippen LogP contribution in [0, 0.1) is 11.6 Å². The monoisotopic (exact) mass is 670 g/mol. The molecule has 3 aliphatic rings. The summed E-state index contributed by atoms with van der Waals surface area (Å²) in [5, 5.41) is 16.6. The van der Waals surface area contributed by atoms with Gasteiger partial charge in [0.15, 0.2) is 5.82 Å². The minimum Gasteiger partial charge on any atom is -0.508 e. The van der Waals surface area contributed by atoms with Gasteiger partial charge in [0, 0.05) is 37.8 Å². The van der Waals surface area contributed by atoms with E-state index in [4.69, 9.17) is 14.9 Å². The minimum atomic E-state index is -3.75. The van der Waals surface area contributed by atoms with Gasteiger partial charge in [0.1, 0.15) is 41.4 Å². The largest absolute Gasteiger partial charge is 0.508 e. The molecule has 1 unspecified atom stereocenters. The van der Waals surface area contributed by atoms with E-state index in [1.54, 1.807) is 6.92 Å². The molecule has 4 aromatic rings. The van der Waals surface area contributed by atoms with E-state index in [1.165, 1.54) is 30.5 Å². The number of hydrogen-bond acceptors (Lipinski definition) is 9. The summed E-state index contributed by atoms with van der Waals surface area (Å²) in [5.74, 6) is -1.06. The maximum Gasteiger partial charge on any atom is 0.319 e. The topological polar surface area (TPSA) is 135 Å². The number of aryl methyl sites for hydroxylation is 1. The summed E-state index contributed by atoms with van der Waals surface area (Å²) in [7, 11) is -3.75. The van der Waals surface area contributed by atoms with Crippen LogP contribution in [0.1, 0.15) is 51.0 Å². The molecule has 5 heterocycles. The molecule has 10 nitrogen and oxygen atoms in total. The molecule has 0 aliphatic carbocycles. The van der Waals surface area contributed by atoms with E-state index in [1.807, 2.05) is 4.90 Å². The first-order chi connectivity index (χ1) is 22.5. The summed E-state index contributed by atoms with van der Waals surface area (Å²) in [6, 6.07) is 5.61. The summed E-state index contributed by atoms with van der Waals surface area (Å²) in [5.41, 5.74) is -0.139. The molecule has 2 aromatic carbocycles. The maximum absolute atomic E-state index is 16.8. The van der Waals surface area contributed by atoms with Gasteiger partial charge in [-0.3, -0.25) is 9.88 Å². The average molecular weight is 671 g/mol. The summed E-state index contributed by atoms with van der Waals surface area (Å²) in [6.07, 6.45) is 3.96. The lowest BCUT2D eigenvalue weighted by Gasteiger charge is -2.31. The second kappa shape index (κ2) is 12.0. The first-order valence-corrected chi connectivity index (χ1v) is 17.7. The van der Waals surface area contributed by atoms with E-state index in [-0.39, 0.29) is 53.5 Å². The number of phenols is 1. The Morgan fingerprint density at radius 2 is 1.96 bits per heavy atom. The van der Waals surface area contributed by atoms with E-state index < -0.39 is 38.6 Å². The van der Waals surface area contributed by atoms with Crippen molar-refractivity contribution in [2.24, 2.45) is 5.14 Å². The highest BCUT2D eigenvalue weighted by molar-refractivity contribution is 7.89. The second-order valence-corrected chi connectivity index (χ2v) is 14.8. The van der Waals surface area contributed by atoms with Crippen LogP contribution in [-0.4, -0.2) is 83.1 Å². The Morgan fingerprint density at radius 1 is 1.13 bits per heavy atom. The standard InChI is InChI=1S/C33H37F3N6O4S/c1-2-23-26(35)7-6-19-13-21(43)14-24(27(19)23)29-28(36)30-25(16-38-29)31(41-10-3-5-22(8-12-41)47(37,44)45)40-32(39-30)46-18-33-9-4-11-42(33)17-20(34)15-33/h6-7,13-14,16,20,22,43H,2-5,8-12,15,17-18H2,1H3,(H2,37,44,45)/t20-,22?,33+/m1/s1. The molecule has 0 amide bonds. The Kier molecular flexibility index (Phi) is 8.16. The molecule has 3 atom stereocenters. The zero-order valence-corrected chi connectivity index (χ0v) is 26.9. The number of primary sulfonamides is 1. The van der Waals surface area contributed by atoms with Crippen LogP contribution in [0.4, 0.5) is 19.0 Å². The van der Waals surface area contributed by atoms with Crippen molar-refractivity contribution >= 4 is 37.5 Å². The van der Waals surface area contributed by atoms with Crippen LogP contribution >= 0.6 is 0 Å². The molecular formula is C33H37F3N6O4S. The highest BCUT2D eigenvalue weighted by Crippen LogP contribution is 2.42. The van der Waals surface area contributed by atoms with Gasteiger partial charge in [0.2, 0.25) is 10.0 Å². The highest BCUT2D eigenvalue weighted by atomic mass is 32.2. The molecule has 3 N–H and O–H groups in total. The lowest BCUT2D eigenvalue weighted by atomic mass is 9.94. The van der Waals surface area contributed by atoms with Gasteiger partial charge in [-0.25, -0.2) is 26.7 Å². The molecule has 0 bridgehead atoms.